The summed E-state index contributed by atoms with van der Waals surface area (Å²) in [7, 11) is 1.60. The Labute approximate surface area is 141 Å². The van der Waals surface area contributed by atoms with E-state index in [1.807, 2.05) is 33.8 Å². The molecule has 1 N–H and O–H groups in total. The molecular formula is C18H23N3O3. The Morgan fingerprint density at radius 3 is 2.83 bits per heavy atom. The van der Waals surface area contributed by atoms with E-state index in [1.165, 1.54) is 0 Å². The number of piperidine rings is 1. The number of aromatic nitrogens is 2. The smallest absolute Gasteiger partial charge is 0.253 e. The number of aliphatic hydroxyl groups excluding tert-OH is 1. The molecule has 3 rings (SSSR count). The van der Waals surface area contributed by atoms with Crippen LogP contribution in [0.2, 0.25) is 0 Å². The maximum absolute atomic E-state index is 12.7. The van der Waals surface area contributed by atoms with Gasteiger partial charge in [0.05, 0.1) is 20.3 Å². The Bertz CT molecular complexity index is 690. The molecule has 1 aromatic heterocycles. The summed E-state index contributed by atoms with van der Waals surface area (Å²) in [6, 6.07) is 9.30. The summed E-state index contributed by atoms with van der Waals surface area (Å²) in [5.74, 6) is 1.13. The molecule has 0 aliphatic carbocycles. The standard InChI is InChI=1S/C18H23N3O3/c1-24-16-4-2-3-15(13-16)18(23)20-9-6-14(7-10-20)17-5-8-19-21(17)11-12-22/h2-5,8,13-14,22H,6-7,9-12H2,1H3. The van der Waals surface area contributed by atoms with Crippen LogP contribution in [0.3, 0.4) is 0 Å². The van der Waals surface area contributed by atoms with E-state index in [-0.39, 0.29) is 12.5 Å². The van der Waals surface area contributed by atoms with E-state index < -0.39 is 0 Å². The van der Waals surface area contributed by atoms with Crippen LogP contribution in [0.15, 0.2) is 36.5 Å². The van der Waals surface area contributed by atoms with Crippen molar-refractivity contribution in [2.45, 2.75) is 25.3 Å². The summed E-state index contributed by atoms with van der Waals surface area (Å²) in [4.78, 5) is 14.6. The molecule has 0 radical (unpaired) electrons. The molecule has 24 heavy (non-hydrogen) atoms. The molecular weight excluding hydrogens is 306 g/mol. The summed E-state index contributed by atoms with van der Waals surface area (Å²) in [5, 5.41) is 13.4. The minimum absolute atomic E-state index is 0.0521. The Kier molecular flexibility index (Phi) is 5.15. The lowest BCUT2D eigenvalue weighted by Crippen LogP contribution is -2.38. The van der Waals surface area contributed by atoms with Gasteiger partial charge in [0.2, 0.25) is 0 Å². The summed E-state index contributed by atoms with van der Waals surface area (Å²) in [6.45, 7) is 2.06. The second-order valence-electron chi connectivity index (χ2n) is 6.00. The molecule has 0 unspecified atom stereocenters. The largest absolute Gasteiger partial charge is 0.497 e. The fraction of sp³-hybridized carbons (Fsp3) is 0.444. The molecule has 0 spiro atoms. The van der Waals surface area contributed by atoms with Crippen molar-refractivity contribution in [1.29, 1.82) is 0 Å². The fourth-order valence-corrected chi connectivity index (χ4v) is 3.29. The molecule has 6 nitrogen and oxygen atoms in total. The van der Waals surface area contributed by atoms with Crippen molar-refractivity contribution in [3.05, 3.63) is 47.8 Å². The Morgan fingerprint density at radius 2 is 2.12 bits per heavy atom. The summed E-state index contributed by atoms with van der Waals surface area (Å²) < 4.78 is 7.06. The van der Waals surface area contributed by atoms with Gasteiger partial charge in [0.15, 0.2) is 0 Å². The van der Waals surface area contributed by atoms with E-state index in [0.717, 1.165) is 31.6 Å². The minimum atomic E-state index is 0.0521. The average molecular weight is 329 g/mol. The molecule has 0 atom stereocenters. The first-order valence-corrected chi connectivity index (χ1v) is 8.29. The van der Waals surface area contributed by atoms with Crippen molar-refractivity contribution in [2.75, 3.05) is 26.8 Å². The van der Waals surface area contributed by atoms with Crippen LogP contribution >= 0.6 is 0 Å². The van der Waals surface area contributed by atoms with Gasteiger partial charge < -0.3 is 14.7 Å². The van der Waals surface area contributed by atoms with Crippen LogP contribution in [0.4, 0.5) is 0 Å². The zero-order valence-corrected chi connectivity index (χ0v) is 13.9. The van der Waals surface area contributed by atoms with Crippen molar-refractivity contribution in [3.63, 3.8) is 0 Å². The van der Waals surface area contributed by atoms with Gasteiger partial charge >= 0.3 is 0 Å². The third-order valence-corrected chi connectivity index (χ3v) is 4.58. The fourth-order valence-electron chi connectivity index (χ4n) is 3.29. The normalized spacial score (nSPS) is 15.5. The lowest BCUT2D eigenvalue weighted by molar-refractivity contribution is 0.0710. The number of nitrogens with zero attached hydrogens (tertiary/aromatic N) is 3. The second kappa shape index (κ2) is 7.49. The molecule has 1 aromatic carbocycles. The molecule has 1 fully saturated rings. The van der Waals surface area contributed by atoms with E-state index >= 15 is 0 Å². The topological polar surface area (TPSA) is 67.6 Å². The molecule has 2 aromatic rings. The van der Waals surface area contributed by atoms with E-state index in [1.54, 1.807) is 19.4 Å². The third-order valence-electron chi connectivity index (χ3n) is 4.58. The van der Waals surface area contributed by atoms with E-state index in [9.17, 15) is 4.79 Å². The number of carbonyl (C=O) groups excluding carboxylic acids is 1. The number of benzene rings is 1. The third kappa shape index (κ3) is 3.43. The van der Waals surface area contributed by atoms with Gasteiger partial charge in [0.1, 0.15) is 5.75 Å². The number of rotatable bonds is 5. The number of hydrogen-bond acceptors (Lipinski definition) is 4. The zero-order chi connectivity index (χ0) is 16.9. The number of ether oxygens (including phenoxy) is 1. The van der Waals surface area contributed by atoms with Gasteiger partial charge in [0.25, 0.3) is 5.91 Å². The van der Waals surface area contributed by atoms with Crippen LogP contribution in [0, 0.1) is 0 Å². The van der Waals surface area contributed by atoms with Crippen molar-refractivity contribution >= 4 is 5.91 Å². The lowest BCUT2D eigenvalue weighted by Gasteiger charge is -2.32. The lowest BCUT2D eigenvalue weighted by atomic mass is 9.93. The predicted molar refractivity (Wildman–Crippen MR) is 90.2 cm³/mol. The van der Waals surface area contributed by atoms with E-state index in [0.29, 0.717) is 23.8 Å². The van der Waals surface area contributed by atoms with Crippen molar-refractivity contribution < 1.29 is 14.6 Å². The second-order valence-corrected chi connectivity index (χ2v) is 6.00. The van der Waals surface area contributed by atoms with Crippen LogP contribution in [0.1, 0.15) is 34.8 Å². The molecule has 6 heteroatoms. The molecule has 0 saturated carbocycles. The highest BCUT2D eigenvalue weighted by atomic mass is 16.5. The maximum Gasteiger partial charge on any atom is 0.253 e. The highest BCUT2D eigenvalue weighted by molar-refractivity contribution is 5.94. The summed E-state index contributed by atoms with van der Waals surface area (Å²) >= 11 is 0. The zero-order valence-electron chi connectivity index (χ0n) is 13.9. The van der Waals surface area contributed by atoms with Gasteiger partial charge in [-0.2, -0.15) is 5.10 Å². The molecule has 1 amide bonds. The average Bonchev–Trinajstić information content (AvgIpc) is 3.10. The van der Waals surface area contributed by atoms with Crippen molar-refractivity contribution in [3.8, 4) is 5.75 Å². The first kappa shape index (κ1) is 16.5. The van der Waals surface area contributed by atoms with Gasteiger partial charge in [-0.25, -0.2) is 0 Å². The van der Waals surface area contributed by atoms with Crippen LogP contribution in [-0.4, -0.2) is 52.5 Å². The highest BCUT2D eigenvalue weighted by Crippen LogP contribution is 2.28. The Balaban J connectivity index is 1.64. The van der Waals surface area contributed by atoms with Gasteiger partial charge in [-0.05, 0) is 37.1 Å². The predicted octanol–water partition coefficient (Wildman–Crippen LogP) is 1.90. The SMILES string of the molecule is COc1cccc(C(=O)N2CCC(c3ccnn3CCO)CC2)c1. The van der Waals surface area contributed by atoms with E-state index in [2.05, 4.69) is 5.10 Å². The van der Waals surface area contributed by atoms with Crippen LogP contribution in [-0.2, 0) is 6.54 Å². The van der Waals surface area contributed by atoms with Gasteiger partial charge in [0, 0.05) is 36.5 Å². The molecule has 0 bridgehead atoms. The molecule has 2 heterocycles. The first-order chi connectivity index (χ1) is 11.7. The molecule has 1 saturated heterocycles. The monoisotopic (exact) mass is 329 g/mol. The van der Waals surface area contributed by atoms with Crippen molar-refractivity contribution in [2.24, 2.45) is 0 Å². The number of hydrogen-bond donors (Lipinski definition) is 1. The number of methoxy groups -OCH3 is 1. The number of amides is 1. The van der Waals surface area contributed by atoms with Crippen LogP contribution in [0.25, 0.3) is 0 Å². The summed E-state index contributed by atoms with van der Waals surface area (Å²) in [5.41, 5.74) is 1.82. The number of aliphatic hydroxyl groups is 1. The van der Waals surface area contributed by atoms with Gasteiger partial charge in [-0.1, -0.05) is 6.07 Å². The van der Waals surface area contributed by atoms with Gasteiger partial charge in [-0.3, -0.25) is 9.48 Å². The molecule has 128 valence electrons. The number of carbonyl (C=O) groups is 1. The highest BCUT2D eigenvalue weighted by Gasteiger charge is 2.26. The minimum Gasteiger partial charge on any atom is -0.497 e. The Morgan fingerprint density at radius 1 is 1.33 bits per heavy atom. The molecule has 1 aliphatic rings. The van der Waals surface area contributed by atoms with Crippen LogP contribution in [0.5, 0.6) is 5.75 Å². The first-order valence-electron chi connectivity index (χ1n) is 8.29. The quantitative estimate of drug-likeness (QED) is 0.910. The maximum atomic E-state index is 12.7. The van der Waals surface area contributed by atoms with Crippen LogP contribution < -0.4 is 4.74 Å². The number of likely N-dealkylation sites (tertiary alicyclic amines) is 1. The molecule has 1 aliphatic heterocycles. The van der Waals surface area contributed by atoms with Gasteiger partial charge in [-0.15, -0.1) is 0 Å². The summed E-state index contributed by atoms with van der Waals surface area (Å²) in [6.07, 6.45) is 3.60. The Hall–Kier alpha value is -2.34. The van der Waals surface area contributed by atoms with Crippen molar-refractivity contribution in [1.82, 2.24) is 14.7 Å². The van der Waals surface area contributed by atoms with E-state index in [4.69, 9.17) is 9.84 Å².